The minimum absolute atomic E-state index is 0.277. The number of aromatic nitrogens is 1. The molecule has 0 amide bonds. The van der Waals surface area contributed by atoms with Gasteiger partial charge in [-0.1, -0.05) is 20.8 Å². The highest BCUT2D eigenvalue weighted by atomic mass is 19.1. The zero-order chi connectivity index (χ0) is 11.3. The van der Waals surface area contributed by atoms with E-state index in [-0.39, 0.29) is 5.82 Å². The van der Waals surface area contributed by atoms with Gasteiger partial charge < -0.3 is 5.32 Å². The van der Waals surface area contributed by atoms with Crippen LogP contribution in [-0.4, -0.2) is 18.1 Å². The molecule has 1 atom stereocenters. The van der Waals surface area contributed by atoms with Crippen molar-refractivity contribution in [3.05, 3.63) is 29.8 Å². The third-order valence-corrected chi connectivity index (χ3v) is 2.26. The number of rotatable bonds is 5. The number of halogens is 1. The van der Waals surface area contributed by atoms with Crippen molar-refractivity contribution in [1.29, 1.82) is 0 Å². The summed E-state index contributed by atoms with van der Waals surface area (Å²) >= 11 is 0. The molecule has 0 spiro atoms. The largest absolute Gasteiger partial charge is 0.316 e. The van der Waals surface area contributed by atoms with Crippen LogP contribution in [-0.2, 0) is 0 Å². The number of pyridine rings is 1. The molecule has 0 aliphatic heterocycles. The van der Waals surface area contributed by atoms with Crippen LogP contribution in [0.1, 0.15) is 32.4 Å². The molecule has 1 heterocycles. The predicted molar refractivity (Wildman–Crippen MR) is 60.3 cm³/mol. The van der Waals surface area contributed by atoms with Crippen molar-refractivity contribution in [2.75, 3.05) is 13.1 Å². The minimum Gasteiger partial charge on any atom is -0.316 e. The summed E-state index contributed by atoms with van der Waals surface area (Å²) in [5, 5.41) is 3.36. The molecule has 1 aromatic heterocycles. The lowest BCUT2D eigenvalue weighted by molar-refractivity contribution is 0.523. The lowest BCUT2D eigenvalue weighted by atomic mass is 10.1. The molecule has 1 unspecified atom stereocenters. The van der Waals surface area contributed by atoms with E-state index in [0.29, 0.717) is 11.8 Å². The molecule has 0 aliphatic carbocycles. The van der Waals surface area contributed by atoms with E-state index in [1.54, 1.807) is 6.07 Å². The summed E-state index contributed by atoms with van der Waals surface area (Å²) in [7, 11) is 0. The number of nitrogens with zero attached hydrogens (tertiary/aromatic N) is 1. The van der Waals surface area contributed by atoms with Crippen LogP contribution in [0.2, 0.25) is 0 Å². The number of nitrogens with one attached hydrogen (secondary N) is 1. The summed E-state index contributed by atoms with van der Waals surface area (Å²) in [5.74, 6) is 0.698. The van der Waals surface area contributed by atoms with Crippen LogP contribution in [0.25, 0.3) is 0 Å². The first-order valence-corrected chi connectivity index (χ1v) is 5.41. The lowest BCUT2D eigenvalue weighted by Crippen LogP contribution is -2.24. The normalized spacial score (nSPS) is 13.1. The zero-order valence-electron chi connectivity index (χ0n) is 9.63. The summed E-state index contributed by atoms with van der Waals surface area (Å²) < 4.78 is 12.6. The molecular weight excluding hydrogens is 191 g/mol. The Morgan fingerprint density at radius 1 is 1.27 bits per heavy atom. The Morgan fingerprint density at radius 2 is 2.00 bits per heavy atom. The molecule has 2 nitrogen and oxygen atoms in total. The first kappa shape index (κ1) is 12.1. The summed E-state index contributed by atoms with van der Waals surface area (Å²) in [6.07, 6.45) is 1.27. The van der Waals surface area contributed by atoms with Crippen LogP contribution in [0.15, 0.2) is 18.3 Å². The predicted octanol–water partition coefficient (Wildman–Crippen LogP) is 2.57. The maximum absolute atomic E-state index is 12.6. The van der Waals surface area contributed by atoms with Crippen molar-refractivity contribution in [3.63, 3.8) is 0 Å². The Bertz CT molecular complexity index is 282. The Labute approximate surface area is 90.9 Å². The first-order chi connectivity index (χ1) is 7.09. The molecule has 0 aliphatic rings. The van der Waals surface area contributed by atoms with Crippen LogP contribution in [0.4, 0.5) is 4.39 Å². The molecule has 0 radical (unpaired) electrons. The van der Waals surface area contributed by atoms with Crippen LogP contribution < -0.4 is 5.32 Å². The molecule has 1 N–H and O–H groups in total. The minimum atomic E-state index is -0.277. The Kier molecular flexibility index (Phi) is 4.69. The molecule has 15 heavy (non-hydrogen) atoms. The monoisotopic (exact) mass is 210 g/mol. The van der Waals surface area contributed by atoms with Crippen LogP contribution >= 0.6 is 0 Å². The smallest absolute Gasteiger partial charge is 0.141 e. The van der Waals surface area contributed by atoms with Gasteiger partial charge in [0, 0.05) is 18.2 Å². The maximum Gasteiger partial charge on any atom is 0.141 e. The van der Waals surface area contributed by atoms with Crippen molar-refractivity contribution in [2.24, 2.45) is 5.92 Å². The van der Waals surface area contributed by atoms with Gasteiger partial charge >= 0.3 is 0 Å². The van der Waals surface area contributed by atoms with Crippen molar-refractivity contribution in [2.45, 2.75) is 26.7 Å². The second kappa shape index (κ2) is 5.81. The molecule has 3 heteroatoms. The fourth-order valence-corrected chi connectivity index (χ4v) is 1.37. The van der Waals surface area contributed by atoms with Gasteiger partial charge in [0.2, 0.25) is 0 Å². The molecule has 1 aromatic rings. The van der Waals surface area contributed by atoms with E-state index >= 15 is 0 Å². The molecule has 84 valence electrons. The van der Waals surface area contributed by atoms with Gasteiger partial charge in [0.1, 0.15) is 5.82 Å². The van der Waals surface area contributed by atoms with Gasteiger partial charge in [0.15, 0.2) is 0 Å². The second-order valence-corrected chi connectivity index (χ2v) is 4.35. The standard InChI is InChI=1S/C12H19FN2/c1-9(2)6-14-7-10(3)12-5-4-11(13)8-15-12/h4-5,8-10,14H,6-7H2,1-3H3. The van der Waals surface area contributed by atoms with Crippen LogP contribution in [0.3, 0.4) is 0 Å². The Morgan fingerprint density at radius 3 is 2.53 bits per heavy atom. The number of hydrogen-bond acceptors (Lipinski definition) is 2. The highest BCUT2D eigenvalue weighted by molar-refractivity contribution is 5.09. The van der Waals surface area contributed by atoms with Gasteiger partial charge in [-0.3, -0.25) is 4.98 Å². The third-order valence-electron chi connectivity index (χ3n) is 2.26. The molecule has 1 rings (SSSR count). The van der Waals surface area contributed by atoms with E-state index in [2.05, 4.69) is 31.1 Å². The van der Waals surface area contributed by atoms with Gasteiger partial charge in [-0.05, 0) is 24.6 Å². The van der Waals surface area contributed by atoms with E-state index < -0.39 is 0 Å². The average molecular weight is 210 g/mol. The van der Waals surface area contributed by atoms with Crippen molar-refractivity contribution in [3.8, 4) is 0 Å². The van der Waals surface area contributed by atoms with Crippen molar-refractivity contribution < 1.29 is 4.39 Å². The fraction of sp³-hybridized carbons (Fsp3) is 0.583. The molecule has 0 saturated heterocycles. The van der Waals surface area contributed by atoms with Gasteiger partial charge in [0.25, 0.3) is 0 Å². The number of hydrogen-bond donors (Lipinski definition) is 1. The fourth-order valence-electron chi connectivity index (χ4n) is 1.37. The van der Waals surface area contributed by atoms with E-state index in [0.717, 1.165) is 18.8 Å². The van der Waals surface area contributed by atoms with Gasteiger partial charge in [-0.2, -0.15) is 0 Å². The topological polar surface area (TPSA) is 24.9 Å². The van der Waals surface area contributed by atoms with Gasteiger partial charge in [-0.25, -0.2) is 4.39 Å². The third kappa shape index (κ3) is 4.38. The van der Waals surface area contributed by atoms with Crippen molar-refractivity contribution in [1.82, 2.24) is 10.3 Å². The SMILES string of the molecule is CC(C)CNCC(C)c1ccc(F)cn1. The van der Waals surface area contributed by atoms with E-state index in [1.807, 2.05) is 0 Å². The van der Waals surface area contributed by atoms with E-state index in [9.17, 15) is 4.39 Å². The van der Waals surface area contributed by atoms with Gasteiger partial charge in [0.05, 0.1) is 6.20 Å². The Hall–Kier alpha value is -0.960. The molecule has 0 bridgehead atoms. The van der Waals surface area contributed by atoms with Crippen LogP contribution in [0, 0.1) is 11.7 Å². The Balaban J connectivity index is 2.40. The van der Waals surface area contributed by atoms with Crippen LogP contribution in [0.5, 0.6) is 0 Å². The summed E-state index contributed by atoms with van der Waals surface area (Å²) in [4.78, 5) is 4.06. The molecular formula is C12H19FN2. The molecule has 0 aromatic carbocycles. The lowest BCUT2D eigenvalue weighted by Gasteiger charge is -2.13. The highest BCUT2D eigenvalue weighted by Crippen LogP contribution is 2.11. The second-order valence-electron chi connectivity index (χ2n) is 4.35. The first-order valence-electron chi connectivity index (χ1n) is 5.41. The van der Waals surface area contributed by atoms with Crippen molar-refractivity contribution >= 4 is 0 Å². The van der Waals surface area contributed by atoms with Gasteiger partial charge in [-0.15, -0.1) is 0 Å². The average Bonchev–Trinajstić information content (AvgIpc) is 2.18. The summed E-state index contributed by atoms with van der Waals surface area (Å²) in [6, 6.07) is 3.21. The van der Waals surface area contributed by atoms with E-state index in [4.69, 9.17) is 0 Å². The summed E-state index contributed by atoms with van der Waals surface area (Å²) in [5.41, 5.74) is 0.938. The molecule has 0 saturated carbocycles. The highest BCUT2D eigenvalue weighted by Gasteiger charge is 2.06. The zero-order valence-corrected chi connectivity index (χ0v) is 9.63. The summed E-state index contributed by atoms with van der Waals surface area (Å²) in [6.45, 7) is 8.33. The van der Waals surface area contributed by atoms with E-state index in [1.165, 1.54) is 12.3 Å². The quantitative estimate of drug-likeness (QED) is 0.808. The maximum atomic E-state index is 12.6. The molecule has 0 fully saturated rings.